The third-order valence-electron chi connectivity index (χ3n) is 5.02. The van der Waals surface area contributed by atoms with Gasteiger partial charge in [-0.3, -0.25) is 0 Å². The van der Waals surface area contributed by atoms with Crippen molar-refractivity contribution >= 4 is 11.2 Å². The third kappa shape index (κ3) is 4.64. The van der Waals surface area contributed by atoms with Crippen molar-refractivity contribution < 1.29 is 20.4 Å². The lowest BCUT2D eigenvalue weighted by molar-refractivity contribution is -0.0128. The average molecular weight is 368 g/mol. The minimum atomic E-state index is -5.32. The zero-order valence-electron chi connectivity index (χ0n) is 13.9. The monoisotopic (exact) mass is 368 g/mol. The molecule has 1 aliphatic rings. The molecule has 0 bridgehead atoms. The van der Waals surface area contributed by atoms with Crippen molar-refractivity contribution in [3.63, 3.8) is 0 Å². The predicted molar refractivity (Wildman–Crippen MR) is 89.4 cm³/mol. The largest absolute Gasteiger partial charge is 0.244 e. The van der Waals surface area contributed by atoms with Crippen molar-refractivity contribution in [3.8, 4) is 0 Å². The molecular weight excluding hydrogens is 343 g/mol. The van der Waals surface area contributed by atoms with Crippen molar-refractivity contribution in [1.29, 1.82) is 0 Å². The summed E-state index contributed by atoms with van der Waals surface area (Å²) in [7, 11) is 0. The van der Waals surface area contributed by atoms with Crippen LogP contribution in [0.15, 0.2) is 29.2 Å². The Kier molecular flexibility index (Phi) is 6.57. The van der Waals surface area contributed by atoms with Gasteiger partial charge in [0, 0.05) is 0 Å². The van der Waals surface area contributed by atoms with Crippen molar-refractivity contribution in [2.45, 2.75) is 75.0 Å². The summed E-state index contributed by atoms with van der Waals surface area (Å²) in [4.78, 5) is -0.755. The van der Waals surface area contributed by atoms with Gasteiger partial charge in [-0.2, -0.15) is 0 Å². The quantitative estimate of drug-likeness (QED) is 0.340. The fraction of sp³-hybridized carbons (Fsp3) is 0.667. The topological polar surface area (TPSA) is 0 Å². The first-order valence-electron chi connectivity index (χ1n) is 8.63. The van der Waals surface area contributed by atoms with Crippen LogP contribution in [-0.2, 0) is 5.67 Å². The van der Waals surface area contributed by atoms with Crippen LogP contribution in [-0.4, -0.2) is 6.17 Å². The number of halogens is 5. The molecule has 0 nitrogen and oxygen atoms in total. The van der Waals surface area contributed by atoms with Crippen LogP contribution in [0, 0.1) is 5.92 Å². The van der Waals surface area contributed by atoms with Crippen LogP contribution >= 0.6 is 11.2 Å². The van der Waals surface area contributed by atoms with E-state index in [1.165, 1.54) is 0 Å². The normalized spacial score (nSPS) is 28.8. The second-order valence-corrected chi connectivity index (χ2v) is 8.03. The molecule has 0 saturated heterocycles. The molecule has 6 heteroatoms. The molecule has 0 amide bonds. The molecule has 0 spiro atoms. The number of hydrogen-bond donors (Lipinski definition) is 0. The van der Waals surface area contributed by atoms with Crippen molar-refractivity contribution in [1.82, 2.24) is 0 Å². The van der Waals surface area contributed by atoms with E-state index in [9.17, 15) is 16.0 Å². The van der Waals surface area contributed by atoms with E-state index < -0.39 is 27.9 Å². The molecule has 3 atom stereocenters. The van der Waals surface area contributed by atoms with E-state index in [2.05, 4.69) is 6.92 Å². The lowest BCUT2D eigenvalue weighted by atomic mass is 9.73. The van der Waals surface area contributed by atoms with Gasteiger partial charge in [0.15, 0.2) is 5.67 Å². The van der Waals surface area contributed by atoms with Crippen LogP contribution in [0.1, 0.15) is 63.9 Å². The van der Waals surface area contributed by atoms with Crippen LogP contribution in [0.25, 0.3) is 0 Å². The highest BCUT2D eigenvalue weighted by Crippen LogP contribution is 2.60. The summed E-state index contributed by atoms with van der Waals surface area (Å²) in [5.74, 6) is 0.180. The maximum Gasteiger partial charge on any atom is 0.237 e. The molecular formula is C18H25F5S. The van der Waals surface area contributed by atoms with Gasteiger partial charge in [0.25, 0.3) is 0 Å². The fourth-order valence-corrected chi connectivity index (χ4v) is 3.95. The van der Waals surface area contributed by atoms with Crippen molar-refractivity contribution in [2.24, 2.45) is 5.92 Å². The molecule has 0 radical (unpaired) electrons. The number of rotatable bonds is 7. The zero-order valence-corrected chi connectivity index (χ0v) is 14.7. The van der Waals surface area contributed by atoms with Crippen LogP contribution in [0.4, 0.5) is 20.4 Å². The number of alkyl halides is 2. The van der Waals surface area contributed by atoms with E-state index in [-0.39, 0.29) is 24.3 Å². The molecule has 1 aromatic carbocycles. The molecule has 138 valence electrons. The minimum Gasteiger partial charge on any atom is -0.244 e. The number of benzene rings is 1. The van der Waals surface area contributed by atoms with Crippen LogP contribution < -0.4 is 0 Å². The summed E-state index contributed by atoms with van der Waals surface area (Å²) < 4.78 is 67.6. The Morgan fingerprint density at radius 2 is 1.75 bits per heavy atom. The summed E-state index contributed by atoms with van der Waals surface area (Å²) in [6.45, 7) is 2.13. The van der Waals surface area contributed by atoms with Gasteiger partial charge >= 0.3 is 0 Å². The van der Waals surface area contributed by atoms with Crippen LogP contribution in [0.2, 0.25) is 0 Å². The second-order valence-electron chi connectivity index (χ2n) is 6.75. The summed E-state index contributed by atoms with van der Waals surface area (Å²) in [5.41, 5.74) is -2.12. The van der Waals surface area contributed by atoms with Gasteiger partial charge in [-0.25, -0.2) is 8.78 Å². The Morgan fingerprint density at radius 1 is 1.08 bits per heavy atom. The maximum atomic E-state index is 15.1. The SMILES string of the molecule is CCCCCCC1CCC(F)(c2ccc(S(F)(F)F)cc2)C(F)C1. The molecule has 24 heavy (non-hydrogen) atoms. The first-order chi connectivity index (χ1) is 11.3. The standard InChI is InChI=1S/C18H25F5S/c1-2-3-4-5-6-14-11-12-18(20,17(19)13-14)15-7-9-16(10-8-15)24(21,22)23/h7-10,14,17H,2-6,11-13H2,1H3. The molecule has 2 rings (SSSR count). The Labute approximate surface area is 143 Å². The number of hydrogen-bond acceptors (Lipinski definition) is 0. The van der Waals surface area contributed by atoms with E-state index in [0.717, 1.165) is 56.4 Å². The van der Waals surface area contributed by atoms with Crippen molar-refractivity contribution in [2.75, 3.05) is 0 Å². The highest BCUT2D eigenvalue weighted by Gasteiger charge is 2.46. The predicted octanol–water partition coefficient (Wildman–Crippen LogP) is 7.78. The van der Waals surface area contributed by atoms with Gasteiger partial charge in [0.1, 0.15) is 6.17 Å². The maximum absolute atomic E-state index is 15.1. The van der Waals surface area contributed by atoms with E-state index in [4.69, 9.17) is 0 Å². The van der Waals surface area contributed by atoms with Gasteiger partial charge in [0.2, 0.25) is 11.2 Å². The first-order valence-corrected chi connectivity index (χ1v) is 9.96. The fourth-order valence-electron chi connectivity index (χ4n) is 3.50. The summed E-state index contributed by atoms with van der Waals surface area (Å²) >= 11 is -5.32. The van der Waals surface area contributed by atoms with Gasteiger partial charge in [0.05, 0.1) is 4.90 Å². The summed E-state index contributed by atoms with van der Waals surface area (Å²) in [6.07, 6.45) is 4.51. The van der Waals surface area contributed by atoms with Gasteiger partial charge in [-0.15, -0.1) is 11.7 Å². The molecule has 1 fully saturated rings. The molecule has 1 aliphatic carbocycles. The highest BCUT2D eigenvalue weighted by molar-refractivity contribution is 8.20. The van der Waals surface area contributed by atoms with E-state index in [1.54, 1.807) is 0 Å². The molecule has 0 heterocycles. The Hall–Kier alpha value is -0.780. The molecule has 0 aromatic heterocycles. The molecule has 3 unspecified atom stereocenters. The lowest BCUT2D eigenvalue weighted by Crippen LogP contribution is -2.38. The molecule has 1 saturated carbocycles. The first kappa shape index (κ1) is 19.5. The average Bonchev–Trinajstić information content (AvgIpc) is 2.54. The Morgan fingerprint density at radius 3 is 2.29 bits per heavy atom. The summed E-state index contributed by atoms with van der Waals surface area (Å²) in [6, 6.07) is 3.94. The molecule has 0 aliphatic heterocycles. The Bertz CT molecular complexity index is 513. The van der Waals surface area contributed by atoms with Gasteiger partial charge in [-0.05, 0) is 42.9 Å². The smallest absolute Gasteiger partial charge is 0.237 e. The number of unbranched alkanes of at least 4 members (excludes halogenated alkanes) is 3. The van der Waals surface area contributed by atoms with E-state index in [1.807, 2.05) is 0 Å². The zero-order chi connectivity index (χ0) is 17.8. The van der Waals surface area contributed by atoms with Gasteiger partial charge < -0.3 is 0 Å². The van der Waals surface area contributed by atoms with Crippen molar-refractivity contribution in [3.05, 3.63) is 29.8 Å². The second kappa shape index (κ2) is 8.07. The lowest BCUT2D eigenvalue weighted by Gasteiger charge is -2.37. The van der Waals surface area contributed by atoms with Crippen LogP contribution in [0.3, 0.4) is 0 Å². The molecule has 0 N–H and O–H groups in total. The minimum absolute atomic E-state index is 0.0341. The Balaban J connectivity index is 1.98. The third-order valence-corrected chi connectivity index (χ3v) is 5.83. The van der Waals surface area contributed by atoms with Gasteiger partial charge in [-0.1, -0.05) is 51.2 Å². The van der Waals surface area contributed by atoms with Crippen LogP contribution in [0.5, 0.6) is 0 Å². The van der Waals surface area contributed by atoms with E-state index >= 15 is 4.39 Å². The van der Waals surface area contributed by atoms with E-state index in [0.29, 0.717) is 6.42 Å². The highest BCUT2D eigenvalue weighted by atomic mass is 32.3. The molecule has 1 aromatic rings. The summed E-state index contributed by atoms with van der Waals surface area (Å²) in [5, 5.41) is 0.